The van der Waals surface area contributed by atoms with Gasteiger partial charge < -0.3 is 5.32 Å². The van der Waals surface area contributed by atoms with E-state index >= 15 is 0 Å². The maximum Gasteiger partial charge on any atom is 0.418 e. The first-order chi connectivity index (χ1) is 8.30. The van der Waals surface area contributed by atoms with E-state index in [1.807, 2.05) is 0 Å². The molecule has 0 aromatic carbocycles. The van der Waals surface area contributed by atoms with Gasteiger partial charge in [-0.15, -0.1) is 0 Å². The van der Waals surface area contributed by atoms with Gasteiger partial charge in [-0.1, -0.05) is 15.9 Å². The van der Waals surface area contributed by atoms with Crippen molar-refractivity contribution in [2.75, 3.05) is 5.33 Å². The third kappa shape index (κ3) is 3.57. The standard InChI is InChI=1S/C8H7BrF7NO2/c1-6(3(18)2-9,8(14,15)16)17-5(19)7(12,13)4(10)11/h4H,2H2,1H3,(H,17,19). The van der Waals surface area contributed by atoms with Crippen molar-refractivity contribution in [2.24, 2.45) is 0 Å². The summed E-state index contributed by atoms with van der Waals surface area (Å²) in [5.41, 5.74) is -3.69. The Kier molecular flexibility index (Phi) is 5.37. The Morgan fingerprint density at radius 2 is 1.58 bits per heavy atom. The van der Waals surface area contributed by atoms with E-state index in [0.29, 0.717) is 5.32 Å². The second kappa shape index (κ2) is 5.63. The lowest BCUT2D eigenvalue weighted by Crippen LogP contribution is -2.65. The van der Waals surface area contributed by atoms with Crippen LogP contribution >= 0.6 is 15.9 Å². The van der Waals surface area contributed by atoms with Crippen molar-refractivity contribution in [1.29, 1.82) is 0 Å². The molecule has 1 N–H and O–H groups in total. The average Bonchev–Trinajstić information content (AvgIpc) is 2.25. The first kappa shape index (κ1) is 18.1. The fraction of sp³-hybridized carbons (Fsp3) is 0.750. The summed E-state index contributed by atoms with van der Waals surface area (Å²) in [5, 5.41) is -0.281. The highest BCUT2D eigenvalue weighted by molar-refractivity contribution is 9.09. The molecule has 3 nitrogen and oxygen atoms in total. The predicted octanol–water partition coefficient (Wildman–Crippen LogP) is 2.29. The molecule has 0 fully saturated rings. The van der Waals surface area contributed by atoms with E-state index in [-0.39, 0.29) is 6.92 Å². The molecule has 1 unspecified atom stereocenters. The first-order valence-corrected chi connectivity index (χ1v) is 5.57. The monoisotopic (exact) mass is 361 g/mol. The number of ketones is 1. The fourth-order valence-electron chi connectivity index (χ4n) is 0.842. The van der Waals surface area contributed by atoms with Gasteiger partial charge in [-0.3, -0.25) is 9.59 Å². The summed E-state index contributed by atoms with van der Waals surface area (Å²) < 4.78 is 86.6. The molecular formula is C8H7BrF7NO2. The number of hydrogen-bond donors (Lipinski definition) is 1. The third-order valence-electron chi connectivity index (χ3n) is 2.19. The van der Waals surface area contributed by atoms with Crippen molar-refractivity contribution >= 4 is 27.6 Å². The van der Waals surface area contributed by atoms with Crippen molar-refractivity contribution in [3.8, 4) is 0 Å². The summed E-state index contributed by atoms with van der Waals surface area (Å²) in [5.74, 6) is -9.92. The Labute approximate surface area is 110 Å². The van der Waals surface area contributed by atoms with Gasteiger partial charge >= 0.3 is 18.5 Å². The Hall–Kier alpha value is -0.870. The zero-order chi connectivity index (χ0) is 15.6. The summed E-state index contributed by atoms with van der Waals surface area (Å²) in [6, 6.07) is 0. The number of rotatable bonds is 5. The summed E-state index contributed by atoms with van der Waals surface area (Å²) in [6.07, 6.45) is -9.92. The van der Waals surface area contributed by atoms with Crippen molar-refractivity contribution in [2.45, 2.75) is 31.0 Å². The minimum absolute atomic E-state index is 0.107. The molecule has 11 heteroatoms. The molecule has 0 saturated heterocycles. The maximum absolute atomic E-state index is 12.6. The lowest BCUT2D eigenvalue weighted by Gasteiger charge is -2.32. The molecule has 0 bridgehead atoms. The molecule has 19 heavy (non-hydrogen) atoms. The quantitative estimate of drug-likeness (QED) is 0.603. The van der Waals surface area contributed by atoms with Crippen LogP contribution in [0.5, 0.6) is 0 Å². The Morgan fingerprint density at radius 1 is 1.16 bits per heavy atom. The van der Waals surface area contributed by atoms with E-state index in [1.165, 1.54) is 0 Å². The molecular weight excluding hydrogens is 355 g/mol. The van der Waals surface area contributed by atoms with E-state index in [1.54, 1.807) is 0 Å². The van der Waals surface area contributed by atoms with E-state index in [9.17, 15) is 40.3 Å². The van der Waals surface area contributed by atoms with Crippen molar-refractivity contribution in [3.05, 3.63) is 0 Å². The van der Waals surface area contributed by atoms with Gasteiger partial charge in [0.2, 0.25) is 0 Å². The summed E-state index contributed by atoms with van der Waals surface area (Å²) in [4.78, 5) is 21.9. The molecule has 0 spiro atoms. The van der Waals surface area contributed by atoms with Crippen LogP contribution in [-0.2, 0) is 9.59 Å². The second-order valence-electron chi connectivity index (χ2n) is 3.56. The molecule has 0 radical (unpaired) electrons. The minimum Gasteiger partial charge on any atom is -0.331 e. The lowest BCUT2D eigenvalue weighted by atomic mass is 9.96. The highest BCUT2D eigenvalue weighted by atomic mass is 79.9. The molecule has 0 rings (SSSR count). The van der Waals surface area contributed by atoms with E-state index in [0.717, 1.165) is 0 Å². The second-order valence-corrected chi connectivity index (χ2v) is 4.12. The molecule has 0 aromatic rings. The van der Waals surface area contributed by atoms with Crippen molar-refractivity contribution in [3.63, 3.8) is 0 Å². The zero-order valence-electron chi connectivity index (χ0n) is 9.12. The topological polar surface area (TPSA) is 46.2 Å². The Morgan fingerprint density at radius 3 is 1.84 bits per heavy atom. The number of carbonyl (C=O) groups is 2. The number of alkyl halides is 8. The Bertz CT molecular complexity index is 371. The number of halogens is 8. The molecule has 0 aliphatic rings. The molecule has 0 heterocycles. The van der Waals surface area contributed by atoms with Crippen LogP contribution < -0.4 is 5.32 Å². The molecule has 1 amide bonds. The van der Waals surface area contributed by atoms with Gasteiger partial charge in [0.05, 0.1) is 5.33 Å². The van der Waals surface area contributed by atoms with Crippen LogP contribution in [0, 0.1) is 0 Å². The van der Waals surface area contributed by atoms with Crippen LogP contribution in [0.4, 0.5) is 30.7 Å². The molecule has 1 atom stereocenters. The largest absolute Gasteiger partial charge is 0.418 e. The number of nitrogens with one attached hydrogen (secondary N) is 1. The summed E-state index contributed by atoms with van der Waals surface area (Å²) >= 11 is 2.38. The SMILES string of the molecule is CC(NC(=O)C(F)(F)C(F)F)(C(=O)CBr)C(F)(F)F. The zero-order valence-corrected chi connectivity index (χ0v) is 10.7. The highest BCUT2D eigenvalue weighted by Gasteiger charge is 2.60. The van der Waals surface area contributed by atoms with Gasteiger partial charge in [0.15, 0.2) is 11.3 Å². The number of carbonyl (C=O) groups excluding carboxylic acids is 2. The van der Waals surface area contributed by atoms with Crippen LogP contribution in [0.3, 0.4) is 0 Å². The predicted molar refractivity (Wildman–Crippen MR) is 52.4 cm³/mol. The third-order valence-corrected chi connectivity index (χ3v) is 2.70. The highest BCUT2D eigenvalue weighted by Crippen LogP contribution is 2.33. The number of amides is 1. The van der Waals surface area contributed by atoms with E-state index < -0.39 is 41.1 Å². The van der Waals surface area contributed by atoms with Crippen LogP contribution in [0.15, 0.2) is 0 Å². The van der Waals surface area contributed by atoms with Gasteiger partial charge in [0.1, 0.15) is 0 Å². The van der Waals surface area contributed by atoms with Gasteiger partial charge in [-0.05, 0) is 6.92 Å². The number of Topliss-reactive ketones (excluding diaryl/α,β-unsaturated/α-hetero) is 1. The van der Waals surface area contributed by atoms with Crippen LogP contribution in [0.1, 0.15) is 6.92 Å². The van der Waals surface area contributed by atoms with Crippen LogP contribution in [0.25, 0.3) is 0 Å². The van der Waals surface area contributed by atoms with Gasteiger partial charge in [0, 0.05) is 0 Å². The maximum atomic E-state index is 12.6. The molecule has 0 aliphatic carbocycles. The minimum atomic E-state index is -5.42. The van der Waals surface area contributed by atoms with Crippen molar-refractivity contribution in [1.82, 2.24) is 5.32 Å². The molecule has 112 valence electrons. The molecule has 0 aliphatic heterocycles. The van der Waals surface area contributed by atoms with Crippen LogP contribution in [-0.4, -0.2) is 41.1 Å². The fourth-order valence-corrected chi connectivity index (χ4v) is 1.40. The lowest BCUT2D eigenvalue weighted by molar-refractivity contribution is -0.204. The van der Waals surface area contributed by atoms with E-state index in [2.05, 4.69) is 15.9 Å². The van der Waals surface area contributed by atoms with Gasteiger partial charge in [-0.2, -0.15) is 22.0 Å². The van der Waals surface area contributed by atoms with Gasteiger partial charge in [0.25, 0.3) is 5.91 Å². The normalized spacial score (nSPS) is 16.1. The first-order valence-electron chi connectivity index (χ1n) is 4.45. The van der Waals surface area contributed by atoms with Crippen LogP contribution in [0.2, 0.25) is 0 Å². The molecule has 0 saturated carbocycles. The van der Waals surface area contributed by atoms with Crippen molar-refractivity contribution < 1.29 is 40.3 Å². The average molecular weight is 362 g/mol. The van der Waals surface area contributed by atoms with Gasteiger partial charge in [-0.25, -0.2) is 8.78 Å². The van der Waals surface area contributed by atoms with E-state index in [4.69, 9.17) is 0 Å². The molecule has 0 aromatic heterocycles. The smallest absolute Gasteiger partial charge is 0.331 e. The Balaban J connectivity index is 5.40. The summed E-state index contributed by atoms with van der Waals surface area (Å²) in [6.45, 7) is 0.107. The number of hydrogen-bond acceptors (Lipinski definition) is 2. The summed E-state index contributed by atoms with van der Waals surface area (Å²) in [7, 11) is 0.